The van der Waals surface area contributed by atoms with Gasteiger partial charge in [0.15, 0.2) is 0 Å². The van der Waals surface area contributed by atoms with E-state index in [0.29, 0.717) is 25.7 Å². The van der Waals surface area contributed by atoms with E-state index in [4.69, 9.17) is 9.47 Å². The van der Waals surface area contributed by atoms with E-state index >= 15 is 0 Å². The maximum Gasteiger partial charge on any atom is 0.0900 e. The van der Waals surface area contributed by atoms with Crippen molar-refractivity contribution in [3.05, 3.63) is 35.4 Å². The molecular formula is C21H36N2O3. The lowest BCUT2D eigenvalue weighted by atomic mass is 10.1. The molecule has 1 saturated heterocycles. The number of morpholine rings is 1. The molecule has 0 amide bonds. The van der Waals surface area contributed by atoms with Crippen LogP contribution < -0.4 is 0 Å². The number of ether oxygens (including phenoxy) is 2. The standard InChI is InChI=1S/C21H36N2O3/c1-18(2)16-26-17-21(24)15-23(8-7-22-9-11-25-12-10-22)14-20-6-4-5-19(3)13-20/h4-6,13,18,21,24H,7-12,14-17H2,1-3H3/t21-/m1/s1. The van der Waals surface area contributed by atoms with Crippen LogP contribution >= 0.6 is 0 Å². The maximum atomic E-state index is 10.4. The third-order valence-electron chi connectivity index (χ3n) is 4.56. The van der Waals surface area contributed by atoms with E-state index in [1.807, 2.05) is 0 Å². The molecule has 0 unspecified atom stereocenters. The van der Waals surface area contributed by atoms with Crippen molar-refractivity contribution >= 4 is 0 Å². The monoisotopic (exact) mass is 364 g/mol. The minimum Gasteiger partial charge on any atom is -0.389 e. The molecule has 1 aliphatic rings. The summed E-state index contributed by atoms with van der Waals surface area (Å²) >= 11 is 0. The molecule has 0 aliphatic carbocycles. The molecule has 1 fully saturated rings. The highest BCUT2D eigenvalue weighted by Crippen LogP contribution is 2.09. The predicted molar refractivity (Wildman–Crippen MR) is 105 cm³/mol. The number of rotatable bonds is 11. The summed E-state index contributed by atoms with van der Waals surface area (Å²) in [5.74, 6) is 0.493. The Bertz CT molecular complexity index is 504. The average Bonchev–Trinajstić information content (AvgIpc) is 2.60. The minimum absolute atomic E-state index is 0.403. The van der Waals surface area contributed by atoms with Crippen molar-refractivity contribution in [3.8, 4) is 0 Å². The topological polar surface area (TPSA) is 45.2 Å². The Balaban J connectivity index is 1.86. The molecule has 148 valence electrons. The molecular weight excluding hydrogens is 328 g/mol. The summed E-state index contributed by atoms with van der Waals surface area (Å²) in [7, 11) is 0. The number of aliphatic hydroxyl groups excluding tert-OH is 1. The number of aryl methyl sites for hydroxylation is 1. The first-order valence-electron chi connectivity index (χ1n) is 9.86. The van der Waals surface area contributed by atoms with Gasteiger partial charge in [0, 0.05) is 45.9 Å². The molecule has 0 saturated carbocycles. The van der Waals surface area contributed by atoms with Gasteiger partial charge in [0.2, 0.25) is 0 Å². The second kappa shape index (κ2) is 11.7. The molecule has 2 rings (SSSR count). The zero-order chi connectivity index (χ0) is 18.8. The lowest BCUT2D eigenvalue weighted by molar-refractivity contribution is 0.000956. The van der Waals surface area contributed by atoms with Crippen molar-refractivity contribution in [2.45, 2.75) is 33.4 Å². The van der Waals surface area contributed by atoms with Gasteiger partial charge in [0.25, 0.3) is 0 Å². The zero-order valence-electron chi connectivity index (χ0n) is 16.7. The van der Waals surface area contributed by atoms with Crippen LogP contribution in [0.4, 0.5) is 0 Å². The van der Waals surface area contributed by atoms with Gasteiger partial charge in [-0.2, -0.15) is 0 Å². The van der Waals surface area contributed by atoms with Crippen LogP contribution in [-0.2, 0) is 16.0 Å². The van der Waals surface area contributed by atoms with Gasteiger partial charge in [0.1, 0.15) is 0 Å². The van der Waals surface area contributed by atoms with Crippen molar-refractivity contribution in [2.24, 2.45) is 5.92 Å². The van der Waals surface area contributed by atoms with Crippen LogP contribution in [0.1, 0.15) is 25.0 Å². The lowest BCUT2D eigenvalue weighted by Gasteiger charge is -2.31. The fourth-order valence-electron chi connectivity index (χ4n) is 3.20. The fraction of sp³-hybridized carbons (Fsp3) is 0.714. The van der Waals surface area contributed by atoms with Crippen LogP contribution in [0.15, 0.2) is 24.3 Å². The second-order valence-corrected chi connectivity index (χ2v) is 7.76. The van der Waals surface area contributed by atoms with E-state index in [-0.39, 0.29) is 0 Å². The molecule has 0 aromatic heterocycles. The maximum absolute atomic E-state index is 10.4. The minimum atomic E-state index is -0.455. The van der Waals surface area contributed by atoms with Crippen molar-refractivity contribution in [3.63, 3.8) is 0 Å². The number of hydrogen-bond donors (Lipinski definition) is 1. The van der Waals surface area contributed by atoms with Gasteiger partial charge in [-0.1, -0.05) is 43.7 Å². The largest absolute Gasteiger partial charge is 0.389 e. The van der Waals surface area contributed by atoms with Crippen LogP contribution in [0.5, 0.6) is 0 Å². The molecule has 1 aromatic carbocycles. The number of benzene rings is 1. The number of aliphatic hydroxyl groups is 1. The Hall–Kier alpha value is -0.980. The summed E-state index contributed by atoms with van der Waals surface area (Å²) in [6, 6.07) is 8.61. The van der Waals surface area contributed by atoms with Crippen LogP contribution in [0.25, 0.3) is 0 Å². The molecule has 1 heterocycles. The first-order chi connectivity index (χ1) is 12.5. The fourth-order valence-corrected chi connectivity index (χ4v) is 3.20. The SMILES string of the molecule is Cc1cccc(CN(CCN2CCOCC2)C[C@@H](O)COCC(C)C)c1. The Kier molecular flexibility index (Phi) is 9.57. The van der Waals surface area contributed by atoms with Crippen molar-refractivity contribution < 1.29 is 14.6 Å². The Morgan fingerprint density at radius 3 is 2.69 bits per heavy atom. The van der Waals surface area contributed by atoms with E-state index in [9.17, 15) is 5.11 Å². The van der Waals surface area contributed by atoms with Gasteiger partial charge in [0.05, 0.1) is 25.9 Å². The summed E-state index contributed by atoms with van der Waals surface area (Å²) < 4.78 is 11.0. The van der Waals surface area contributed by atoms with Gasteiger partial charge in [-0.15, -0.1) is 0 Å². The third kappa shape index (κ3) is 8.60. The molecule has 0 bridgehead atoms. The molecule has 0 radical (unpaired) electrons. The summed E-state index contributed by atoms with van der Waals surface area (Å²) in [4.78, 5) is 4.78. The van der Waals surface area contributed by atoms with E-state index in [1.54, 1.807) is 0 Å². The highest BCUT2D eigenvalue weighted by molar-refractivity contribution is 5.22. The van der Waals surface area contributed by atoms with E-state index in [2.05, 4.69) is 54.8 Å². The zero-order valence-corrected chi connectivity index (χ0v) is 16.7. The van der Waals surface area contributed by atoms with Crippen LogP contribution in [-0.4, -0.2) is 80.2 Å². The smallest absolute Gasteiger partial charge is 0.0900 e. The van der Waals surface area contributed by atoms with Gasteiger partial charge >= 0.3 is 0 Å². The van der Waals surface area contributed by atoms with E-state index < -0.39 is 6.10 Å². The second-order valence-electron chi connectivity index (χ2n) is 7.76. The van der Waals surface area contributed by atoms with Crippen molar-refractivity contribution in [1.82, 2.24) is 9.80 Å². The highest BCUT2D eigenvalue weighted by Gasteiger charge is 2.16. The highest BCUT2D eigenvalue weighted by atomic mass is 16.5. The van der Waals surface area contributed by atoms with Gasteiger partial charge in [-0.05, 0) is 18.4 Å². The third-order valence-corrected chi connectivity index (χ3v) is 4.56. The number of nitrogens with zero attached hydrogens (tertiary/aromatic N) is 2. The normalized spacial score (nSPS) is 17.2. The van der Waals surface area contributed by atoms with Crippen LogP contribution in [0.3, 0.4) is 0 Å². The summed E-state index contributed by atoms with van der Waals surface area (Å²) in [5, 5.41) is 10.4. The van der Waals surface area contributed by atoms with Crippen molar-refractivity contribution in [1.29, 1.82) is 0 Å². The molecule has 1 atom stereocenters. The quantitative estimate of drug-likeness (QED) is 0.652. The van der Waals surface area contributed by atoms with Crippen molar-refractivity contribution in [2.75, 3.05) is 59.2 Å². The number of hydrogen-bond acceptors (Lipinski definition) is 5. The van der Waals surface area contributed by atoms with Gasteiger partial charge < -0.3 is 14.6 Å². The first-order valence-corrected chi connectivity index (χ1v) is 9.86. The molecule has 1 aliphatic heterocycles. The molecule has 0 spiro atoms. The lowest BCUT2D eigenvalue weighted by Crippen LogP contribution is -2.43. The molecule has 5 heteroatoms. The van der Waals surface area contributed by atoms with E-state index in [1.165, 1.54) is 11.1 Å². The summed E-state index contributed by atoms with van der Waals surface area (Å²) in [5.41, 5.74) is 2.57. The summed E-state index contributed by atoms with van der Waals surface area (Å²) in [6.45, 7) is 14.5. The first kappa shape index (κ1) is 21.3. The molecule has 5 nitrogen and oxygen atoms in total. The van der Waals surface area contributed by atoms with Gasteiger partial charge in [-0.3, -0.25) is 9.80 Å². The average molecular weight is 365 g/mol. The molecule has 1 aromatic rings. The predicted octanol–water partition coefficient (Wildman–Crippen LogP) is 2.16. The molecule has 1 N–H and O–H groups in total. The summed E-state index contributed by atoms with van der Waals surface area (Å²) in [6.07, 6.45) is -0.455. The Morgan fingerprint density at radius 1 is 1.23 bits per heavy atom. The Labute approximate surface area is 158 Å². The van der Waals surface area contributed by atoms with E-state index in [0.717, 1.165) is 45.9 Å². The van der Waals surface area contributed by atoms with Crippen LogP contribution in [0, 0.1) is 12.8 Å². The van der Waals surface area contributed by atoms with Gasteiger partial charge in [-0.25, -0.2) is 0 Å². The Morgan fingerprint density at radius 2 is 2.00 bits per heavy atom. The molecule has 26 heavy (non-hydrogen) atoms. The van der Waals surface area contributed by atoms with Crippen LogP contribution in [0.2, 0.25) is 0 Å².